The van der Waals surface area contributed by atoms with Crippen molar-refractivity contribution >= 4 is 38.3 Å². The Hall–Kier alpha value is -2.21. The van der Waals surface area contributed by atoms with Crippen molar-refractivity contribution in [2.75, 3.05) is 0 Å². The van der Waals surface area contributed by atoms with Crippen molar-refractivity contribution in [3.05, 3.63) is 36.8 Å². The van der Waals surface area contributed by atoms with E-state index < -0.39 is 11.0 Å². The maximum absolute atomic E-state index is 11.6. The second-order valence-corrected chi connectivity index (χ2v) is 5.07. The van der Waals surface area contributed by atoms with Gasteiger partial charge < -0.3 is 0 Å². The largest absolute Gasteiger partial charge is 0.244 e. The van der Waals surface area contributed by atoms with E-state index in [0.717, 1.165) is 21.7 Å². The second kappa shape index (κ2) is 3.39. The molecule has 4 rings (SSSR count). The first kappa shape index (κ1) is 9.78. The van der Waals surface area contributed by atoms with Gasteiger partial charge in [0.2, 0.25) is 0 Å². The zero-order chi connectivity index (χ0) is 12.1. The molecule has 0 aliphatic carbocycles. The fourth-order valence-corrected chi connectivity index (χ4v) is 2.93. The van der Waals surface area contributed by atoms with Gasteiger partial charge in [-0.05, 0) is 6.07 Å². The summed E-state index contributed by atoms with van der Waals surface area (Å²) in [6.07, 6.45) is 3.29. The van der Waals surface area contributed by atoms with E-state index in [-0.39, 0.29) is 0 Å². The number of aromatic nitrogens is 2. The Morgan fingerprint density at radius 2 is 1.94 bits per heavy atom. The minimum atomic E-state index is -1.36. The van der Waals surface area contributed by atoms with Crippen molar-refractivity contribution < 1.29 is 4.21 Å². The average molecular weight is 254 g/mol. The zero-order valence-electron chi connectivity index (χ0n) is 9.07. The molecule has 86 valence electrons. The molecule has 0 saturated carbocycles. The van der Waals surface area contributed by atoms with E-state index in [4.69, 9.17) is 0 Å². The van der Waals surface area contributed by atoms with Crippen LogP contribution in [-0.2, 0) is 11.0 Å². The van der Waals surface area contributed by atoms with E-state index in [9.17, 15) is 4.21 Å². The molecule has 0 fully saturated rings. The summed E-state index contributed by atoms with van der Waals surface area (Å²) in [5, 5.41) is 6.87. The van der Waals surface area contributed by atoms with E-state index in [2.05, 4.69) is 19.6 Å². The van der Waals surface area contributed by atoms with Crippen LogP contribution in [0.15, 0.2) is 51.3 Å². The average Bonchev–Trinajstić information content (AvgIpc) is 2.80. The fraction of sp³-hybridized carbons (Fsp3) is 0. The minimum Gasteiger partial charge on any atom is -0.244 e. The van der Waals surface area contributed by atoms with Crippen molar-refractivity contribution in [3.8, 4) is 0 Å². The maximum atomic E-state index is 11.6. The van der Waals surface area contributed by atoms with Crippen molar-refractivity contribution in [3.63, 3.8) is 0 Å². The van der Waals surface area contributed by atoms with Crippen LogP contribution in [0.5, 0.6) is 0 Å². The molecular weight excluding hydrogens is 248 g/mol. The second-order valence-electron chi connectivity index (χ2n) is 3.96. The highest BCUT2D eigenvalue weighted by Gasteiger charge is 2.19. The molecule has 1 aliphatic rings. The number of nitrogens with zero attached hydrogens (tertiary/aromatic N) is 4. The van der Waals surface area contributed by atoms with Gasteiger partial charge in [-0.1, -0.05) is 22.7 Å². The SMILES string of the molecule is O=S1N=Nc2c1ccc1c2ccc2cncnc21. The molecule has 0 spiro atoms. The third kappa shape index (κ3) is 1.18. The summed E-state index contributed by atoms with van der Waals surface area (Å²) >= 11 is 0. The summed E-state index contributed by atoms with van der Waals surface area (Å²) in [4.78, 5) is 8.96. The predicted molar refractivity (Wildman–Crippen MR) is 68.0 cm³/mol. The predicted octanol–water partition coefficient (Wildman–Crippen LogP) is 2.90. The first-order valence-corrected chi connectivity index (χ1v) is 6.44. The molecular formula is C12H6N4OS. The molecule has 3 aromatic rings. The van der Waals surface area contributed by atoms with Gasteiger partial charge in [0.05, 0.1) is 10.4 Å². The van der Waals surface area contributed by atoms with Gasteiger partial charge in [-0.15, -0.1) is 5.11 Å². The molecule has 5 nitrogen and oxygen atoms in total. The van der Waals surface area contributed by atoms with Crippen LogP contribution in [0.2, 0.25) is 0 Å². The van der Waals surface area contributed by atoms with Crippen LogP contribution in [0, 0.1) is 0 Å². The molecule has 1 atom stereocenters. The Morgan fingerprint density at radius 3 is 2.89 bits per heavy atom. The molecule has 0 amide bonds. The lowest BCUT2D eigenvalue weighted by Crippen LogP contribution is -1.86. The van der Waals surface area contributed by atoms with Gasteiger partial charge in [0.25, 0.3) is 0 Å². The van der Waals surface area contributed by atoms with Crippen LogP contribution in [-0.4, -0.2) is 14.2 Å². The van der Waals surface area contributed by atoms with Crippen LogP contribution < -0.4 is 0 Å². The quantitative estimate of drug-likeness (QED) is 0.579. The Bertz CT molecular complexity index is 859. The molecule has 0 radical (unpaired) electrons. The Balaban J connectivity index is 2.24. The van der Waals surface area contributed by atoms with Crippen molar-refractivity contribution in [2.45, 2.75) is 4.90 Å². The zero-order valence-corrected chi connectivity index (χ0v) is 9.89. The molecule has 0 N–H and O–H groups in total. The van der Waals surface area contributed by atoms with E-state index in [0.29, 0.717) is 10.6 Å². The highest BCUT2D eigenvalue weighted by atomic mass is 32.2. The van der Waals surface area contributed by atoms with Crippen LogP contribution in [0.3, 0.4) is 0 Å². The Morgan fingerprint density at radius 1 is 1.06 bits per heavy atom. The van der Waals surface area contributed by atoms with Crippen LogP contribution in [0.25, 0.3) is 21.7 Å². The summed E-state index contributed by atoms with van der Waals surface area (Å²) in [5.74, 6) is 0. The Labute approximate surface area is 104 Å². The molecule has 2 aromatic carbocycles. The maximum Gasteiger partial charge on any atom is 0.194 e. The summed E-state index contributed by atoms with van der Waals surface area (Å²) < 4.78 is 15.3. The smallest absolute Gasteiger partial charge is 0.194 e. The summed E-state index contributed by atoms with van der Waals surface area (Å²) in [5.41, 5.74) is 1.56. The number of hydrogen-bond acceptors (Lipinski definition) is 4. The monoisotopic (exact) mass is 254 g/mol. The van der Waals surface area contributed by atoms with Crippen molar-refractivity contribution in [1.29, 1.82) is 0 Å². The lowest BCUT2D eigenvalue weighted by molar-refractivity contribution is 0.685. The van der Waals surface area contributed by atoms with Gasteiger partial charge >= 0.3 is 0 Å². The minimum absolute atomic E-state index is 0.663. The van der Waals surface area contributed by atoms with Gasteiger partial charge in [-0.2, -0.15) is 0 Å². The molecule has 18 heavy (non-hydrogen) atoms. The van der Waals surface area contributed by atoms with Crippen molar-refractivity contribution in [2.24, 2.45) is 9.63 Å². The lowest BCUT2D eigenvalue weighted by Gasteiger charge is -2.04. The van der Waals surface area contributed by atoms with Crippen LogP contribution in [0.4, 0.5) is 5.69 Å². The molecule has 1 unspecified atom stereocenters. The first-order chi connectivity index (χ1) is 8.84. The van der Waals surface area contributed by atoms with E-state index >= 15 is 0 Å². The topological polar surface area (TPSA) is 67.6 Å². The summed E-state index contributed by atoms with van der Waals surface area (Å²) in [7, 11) is -1.36. The van der Waals surface area contributed by atoms with Crippen LogP contribution in [0.1, 0.15) is 0 Å². The molecule has 0 bridgehead atoms. The fourth-order valence-electron chi connectivity index (χ4n) is 2.19. The third-order valence-corrected chi connectivity index (χ3v) is 3.94. The van der Waals surface area contributed by atoms with Crippen molar-refractivity contribution in [1.82, 2.24) is 9.97 Å². The molecule has 0 saturated heterocycles. The molecule has 6 heteroatoms. The first-order valence-electron chi connectivity index (χ1n) is 5.34. The van der Waals surface area contributed by atoms with Gasteiger partial charge in [0.15, 0.2) is 11.0 Å². The number of fused-ring (bicyclic) bond motifs is 5. The van der Waals surface area contributed by atoms with Crippen LogP contribution >= 0.6 is 0 Å². The van der Waals surface area contributed by atoms with E-state index in [1.54, 1.807) is 12.3 Å². The van der Waals surface area contributed by atoms with E-state index in [1.807, 2.05) is 18.2 Å². The van der Waals surface area contributed by atoms with Gasteiger partial charge in [0.1, 0.15) is 12.0 Å². The molecule has 2 heterocycles. The molecule has 1 aliphatic heterocycles. The van der Waals surface area contributed by atoms with Gasteiger partial charge in [-0.25, -0.2) is 14.2 Å². The highest BCUT2D eigenvalue weighted by Crippen LogP contribution is 2.39. The standard InChI is InChI=1S/C12H6N4OS/c17-18-10-4-3-8-9(12(10)15-16-18)2-1-7-5-13-6-14-11(7)8/h1-6H. The molecule has 1 aromatic heterocycles. The Kier molecular flexibility index (Phi) is 1.84. The normalized spacial score (nSPS) is 17.4. The van der Waals surface area contributed by atoms with Gasteiger partial charge in [0, 0.05) is 22.4 Å². The number of hydrogen-bond donors (Lipinski definition) is 0. The number of benzene rings is 2. The lowest BCUT2D eigenvalue weighted by atomic mass is 10.1. The van der Waals surface area contributed by atoms with E-state index in [1.165, 1.54) is 6.33 Å². The van der Waals surface area contributed by atoms with Gasteiger partial charge in [-0.3, -0.25) is 0 Å². The summed E-state index contributed by atoms with van der Waals surface area (Å²) in [6.45, 7) is 0. The highest BCUT2D eigenvalue weighted by molar-refractivity contribution is 7.84. The number of rotatable bonds is 0. The third-order valence-electron chi connectivity index (χ3n) is 3.01. The summed E-state index contributed by atoms with van der Waals surface area (Å²) in [6, 6.07) is 7.60.